The Morgan fingerprint density at radius 2 is 1.95 bits per heavy atom. The molecule has 0 N–H and O–H groups in total. The maximum absolute atomic E-state index is 12.7. The Hall–Kier alpha value is -3.29. The highest BCUT2D eigenvalue weighted by molar-refractivity contribution is 14.2. The van der Waals surface area contributed by atoms with Gasteiger partial charge in [-0.15, -0.1) is 5.10 Å². The molecule has 40 heavy (non-hydrogen) atoms. The van der Waals surface area contributed by atoms with Crippen molar-refractivity contribution in [3.05, 3.63) is 82.4 Å². The smallest absolute Gasteiger partial charge is 0.319 e. The van der Waals surface area contributed by atoms with Crippen molar-refractivity contribution in [3.63, 3.8) is 0 Å². The van der Waals surface area contributed by atoms with E-state index in [1.165, 1.54) is 0 Å². The standard InChI is InChI=1S/C28H29ClIN5O5/c1-6-39-27(36)28(2,3)26-31-32-33-35(26)16-30-25-21-10-8-14-34(21)20-13-12-17(29)15-19(20)23(40-25)18-9-7-11-22(37-4)24(18)38-5/h7-15,23H,6,16H2,1-5H3/t23-/m1/s1. The van der Waals surface area contributed by atoms with Gasteiger partial charge in [0.15, 0.2) is 17.3 Å². The molecule has 0 spiro atoms. The van der Waals surface area contributed by atoms with Gasteiger partial charge < -0.3 is 23.5 Å². The highest BCUT2D eigenvalue weighted by Crippen LogP contribution is 2.44. The Kier molecular flexibility index (Phi) is 8.24. The largest absolute Gasteiger partial charge is 0.493 e. The van der Waals surface area contributed by atoms with E-state index in [0.29, 0.717) is 26.9 Å². The summed E-state index contributed by atoms with van der Waals surface area (Å²) in [5.41, 5.74) is 2.57. The molecule has 0 saturated heterocycles. The summed E-state index contributed by atoms with van der Waals surface area (Å²) in [6.07, 6.45) is 1.48. The van der Waals surface area contributed by atoms with E-state index in [1.54, 1.807) is 39.7 Å². The average Bonchev–Trinajstić information content (AvgIpc) is 3.61. The van der Waals surface area contributed by atoms with Gasteiger partial charge in [-0.2, -0.15) is 0 Å². The number of ether oxygens (including phenoxy) is 4. The first-order valence-corrected chi connectivity index (χ1v) is 15.5. The Morgan fingerprint density at radius 1 is 1.12 bits per heavy atom. The summed E-state index contributed by atoms with van der Waals surface area (Å²) in [6, 6.07) is 15.5. The van der Waals surface area contributed by atoms with Crippen LogP contribution < -0.4 is 9.47 Å². The Bertz CT molecular complexity index is 1580. The van der Waals surface area contributed by atoms with Crippen molar-refractivity contribution in [1.82, 2.24) is 24.8 Å². The highest BCUT2D eigenvalue weighted by Gasteiger charge is 2.37. The molecule has 0 amide bonds. The second kappa shape index (κ2) is 11.7. The number of methoxy groups -OCH3 is 2. The third-order valence-electron chi connectivity index (χ3n) is 6.59. The molecule has 0 fully saturated rings. The number of esters is 1. The number of halogens is 2. The number of fused-ring (bicyclic) bond motifs is 3. The Labute approximate surface area is 246 Å². The monoisotopic (exact) mass is 677 g/mol. The van der Waals surface area contributed by atoms with Crippen LogP contribution in [0.5, 0.6) is 11.5 Å². The zero-order valence-corrected chi connectivity index (χ0v) is 25.6. The van der Waals surface area contributed by atoms with E-state index in [9.17, 15) is 4.79 Å². The average molecular weight is 678 g/mol. The van der Waals surface area contributed by atoms with Crippen LogP contribution in [0.15, 0.2) is 54.7 Å². The first-order chi connectivity index (χ1) is 19.3. The summed E-state index contributed by atoms with van der Waals surface area (Å²) in [7, 11) is 3.22. The van der Waals surface area contributed by atoms with E-state index in [4.69, 9.17) is 30.5 Å². The van der Waals surface area contributed by atoms with Crippen LogP contribution in [0.1, 0.15) is 49.5 Å². The van der Waals surface area contributed by atoms with E-state index in [2.05, 4.69) is 20.1 Å². The van der Waals surface area contributed by atoms with E-state index < -0.39 is 32.2 Å². The number of rotatable bonds is 8. The van der Waals surface area contributed by atoms with Crippen LogP contribution in [-0.2, 0) is 24.2 Å². The van der Waals surface area contributed by atoms with Crippen LogP contribution in [0.3, 0.4) is 0 Å². The number of tetrazole rings is 1. The van der Waals surface area contributed by atoms with Gasteiger partial charge in [0.2, 0.25) is 0 Å². The van der Waals surface area contributed by atoms with Crippen molar-refractivity contribution in [2.75, 3.05) is 20.8 Å². The first-order valence-electron chi connectivity index (χ1n) is 12.5. The van der Waals surface area contributed by atoms with E-state index in [0.717, 1.165) is 26.2 Å². The number of aromatic nitrogens is 5. The molecule has 0 unspecified atom stereocenters. The van der Waals surface area contributed by atoms with Crippen molar-refractivity contribution in [1.29, 1.82) is 0 Å². The van der Waals surface area contributed by atoms with Gasteiger partial charge in [-0.25, -0.2) is 4.68 Å². The maximum atomic E-state index is 12.7. The van der Waals surface area contributed by atoms with Crippen LogP contribution >= 0.6 is 32.3 Å². The highest BCUT2D eigenvalue weighted by atomic mass is 127. The molecule has 5 rings (SSSR count). The predicted octanol–water partition coefficient (Wildman–Crippen LogP) is 5.20. The molecule has 2 aromatic carbocycles. The normalized spacial score (nSPS) is 15.9. The second-order valence-electron chi connectivity index (χ2n) is 9.42. The molecule has 0 radical (unpaired) electrons. The summed E-state index contributed by atoms with van der Waals surface area (Å²) in [6.45, 7) is 5.57. The number of benzene rings is 2. The molecule has 1 atom stereocenters. The number of nitrogens with zero attached hydrogens (tertiary/aromatic N) is 5. The van der Waals surface area contributed by atoms with Crippen LogP contribution in [0.2, 0.25) is 5.02 Å². The van der Waals surface area contributed by atoms with Crippen LogP contribution in [0.25, 0.3) is 5.69 Å². The lowest BCUT2D eigenvalue weighted by atomic mass is 9.93. The van der Waals surface area contributed by atoms with Gasteiger partial charge in [0.05, 0.1) is 36.8 Å². The zero-order chi connectivity index (χ0) is 28.4. The van der Waals surface area contributed by atoms with Gasteiger partial charge in [0.1, 0.15) is 15.2 Å². The number of hydrogen-bond acceptors (Lipinski definition) is 8. The van der Waals surface area contributed by atoms with Gasteiger partial charge in [-0.3, -0.25) is 4.79 Å². The molecule has 210 valence electrons. The fourth-order valence-corrected chi connectivity index (χ4v) is 7.17. The van der Waals surface area contributed by atoms with Crippen molar-refractivity contribution < 1.29 is 23.7 Å². The predicted molar refractivity (Wildman–Crippen MR) is 159 cm³/mol. The van der Waals surface area contributed by atoms with Gasteiger partial charge in [0, 0.05) is 22.3 Å². The first kappa shape index (κ1) is 28.2. The molecule has 2 aromatic heterocycles. The van der Waals surface area contributed by atoms with E-state index >= 15 is 0 Å². The minimum Gasteiger partial charge on any atom is -0.493 e. The molecule has 0 saturated carbocycles. The third-order valence-corrected chi connectivity index (χ3v) is 9.31. The Balaban J connectivity index is 1.62. The maximum Gasteiger partial charge on any atom is 0.319 e. The van der Waals surface area contributed by atoms with Crippen LogP contribution in [-0.4, -0.2) is 55.3 Å². The van der Waals surface area contributed by atoms with E-state index in [1.807, 2.05) is 54.7 Å². The van der Waals surface area contributed by atoms with Gasteiger partial charge in [-0.05, 0) is 67.6 Å². The van der Waals surface area contributed by atoms with Crippen LogP contribution in [0.4, 0.5) is 0 Å². The zero-order valence-electron chi connectivity index (χ0n) is 22.7. The Morgan fingerprint density at radius 3 is 2.70 bits per heavy atom. The molecule has 3 heterocycles. The lowest BCUT2D eigenvalue weighted by molar-refractivity contribution is -0.149. The summed E-state index contributed by atoms with van der Waals surface area (Å²) in [4.78, 5) is 12.7. The quantitative estimate of drug-likeness (QED) is 0.143. The molecular formula is C28H29ClIN5O5. The topological polar surface area (TPSA) is 103 Å². The van der Waals surface area contributed by atoms with Crippen molar-refractivity contribution in [2.45, 2.75) is 36.8 Å². The van der Waals surface area contributed by atoms with E-state index in [-0.39, 0.29) is 12.6 Å². The molecule has 0 aliphatic carbocycles. The fraction of sp³-hybridized carbons (Fsp3) is 0.321. The molecule has 4 aromatic rings. The lowest BCUT2D eigenvalue weighted by Gasteiger charge is -2.22. The number of carbonyl (C=O) groups is 1. The number of alkyl halides is 1. The number of carbonyl (C=O) groups excluding carboxylic acids is 1. The minimum absolute atomic E-state index is 0.277. The third kappa shape index (κ3) is 5.13. The molecule has 1 aliphatic rings. The summed E-state index contributed by atoms with van der Waals surface area (Å²) in [5.74, 6) is 1.25. The summed E-state index contributed by atoms with van der Waals surface area (Å²) >= 11 is 5.66. The van der Waals surface area contributed by atoms with Crippen LogP contribution in [0, 0.1) is 0 Å². The van der Waals surface area contributed by atoms with Crippen molar-refractivity contribution in [2.24, 2.45) is 0 Å². The van der Waals surface area contributed by atoms with Crippen molar-refractivity contribution in [3.8, 4) is 17.2 Å². The minimum atomic E-state index is -1.01. The molecular weight excluding hydrogens is 649 g/mol. The SMILES string of the molecule is CCOC(=O)C(C)(C)c1nnnn1CI=C1O[C@H](c2cccc(OC)c2OC)c2cc(Cl)ccc2-n2cccc21. The van der Waals surface area contributed by atoms with Gasteiger partial charge in [-0.1, -0.05) is 44.5 Å². The number of para-hydroxylation sites is 1. The fourth-order valence-electron chi connectivity index (χ4n) is 4.63. The summed E-state index contributed by atoms with van der Waals surface area (Å²) < 4.78 is 28.6. The van der Waals surface area contributed by atoms with Gasteiger partial charge in [0.25, 0.3) is 0 Å². The molecule has 10 nitrogen and oxygen atoms in total. The van der Waals surface area contributed by atoms with Crippen molar-refractivity contribution >= 4 is 42.0 Å². The molecule has 12 heteroatoms. The number of hydrogen-bond donors (Lipinski definition) is 0. The second-order valence-corrected chi connectivity index (χ2v) is 12.3. The van der Waals surface area contributed by atoms with Gasteiger partial charge >= 0.3 is 5.97 Å². The molecule has 1 aliphatic heterocycles. The summed E-state index contributed by atoms with van der Waals surface area (Å²) in [5, 5.41) is 12.8. The lowest BCUT2D eigenvalue weighted by Crippen LogP contribution is -2.34. The molecule has 0 bridgehead atoms.